The van der Waals surface area contributed by atoms with Gasteiger partial charge in [-0.05, 0) is 58.5 Å². The zero-order valence-electron chi connectivity index (χ0n) is 10.8. The quantitative estimate of drug-likeness (QED) is 0.712. The predicted molar refractivity (Wildman–Crippen MR) is 88.8 cm³/mol. The fourth-order valence-corrected chi connectivity index (χ4v) is 2.53. The Kier molecular flexibility index (Phi) is 3.84. The van der Waals surface area contributed by atoms with Crippen LogP contribution in [0.1, 0.15) is 17.3 Å². The Morgan fingerprint density at radius 3 is 2.35 bits per heavy atom. The van der Waals surface area contributed by atoms with Crippen molar-refractivity contribution >= 4 is 22.6 Å². The van der Waals surface area contributed by atoms with Gasteiger partial charge in [0.05, 0.1) is 17.4 Å². The van der Waals surface area contributed by atoms with Crippen LogP contribution in [0, 0.1) is 3.57 Å². The van der Waals surface area contributed by atoms with E-state index in [2.05, 4.69) is 52.0 Å². The van der Waals surface area contributed by atoms with E-state index in [0.29, 0.717) is 0 Å². The van der Waals surface area contributed by atoms with Crippen LogP contribution in [0.4, 0.5) is 0 Å². The topological polar surface area (TPSA) is 43.8 Å². The number of para-hydroxylation sites is 1. The molecule has 1 heterocycles. The highest BCUT2D eigenvalue weighted by Crippen LogP contribution is 2.22. The van der Waals surface area contributed by atoms with Gasteiger partial charge in [0.25, 0.3) is 0 Å². The molecule has 0 aliphatic heterocycles. The molecule has 3 rings (SSSR count). The summed E-state index contributed by atoms with van der Waals surface area (Å²) in [6.07, 6.45) is 1.79. The molecule has 0 aliphatic carbocycles. The molecule has 0 amide bonds. The van der Waals surface area contributed by atoms with Crippen LogP contribution >= 0.6 is 22.6 Å². The van der Waals surface area contributed by atoms with Crippen molar-refractivity contribution in [1.29, 1.82) is 0 Å². The van der Waals surface area contributed by atoms with Crippen LogP contribution in [0.2, 0.25) is 0 Å². The monoisotopic (exact) mass is 375 g/mol. The molecule has 0 radical (unpaired) electrons. The van der Waals surface area contributed by atoms with E-state index in [0.717, 1.165) is 16.9 Å². The molecule has 1 unspecified atom stereocenters. The second-order valence-electron chi connectivity index (χ2n) is 4.53. The average Bonchev–Trinajstić information content (AvgIpc) is 2.97. The normalized spacial score (nSPS) is 12.3. The molecule has 0 spiro atoms. The Hall–Kier alpha value is -1.66. The third-order valence-corrected chi connectivity index (χ3v) is 3.94. The van der Waals surface area contributed by atoms with Crippen LogP contribution in [0.5, 0.6) is 0 Å². The minimum atomic E-state index is -0.185. The minimum Gasteiger partial charge on any atom is -0.319 e. The molecule has 2 N–H and O–H groups in total. The van der Waals surface area contributed by atoms with Crippen molar-refractivity contribution < 1.29 is 0 Å². The fourth-order valence-electron chi connectivity index (χ4n) is 2.17. The van der Waals surface area contributed by atoms with E-state index in [4.69, 9.17) is 5.73 Å². The van der Waals surface area contributed by atoms with E-state index in [9.17, 15) is 0 Å². The zero-order chi connectivity index (χ0) is 13.9. The molecule has 0 saturated heterocycles. The summed E-state index contributed by atoms with van der Waals surface area (Å²) in [4.78, 5) is 0. The number of nitrogens with two attached hydrogens (primary N) is 1. The molecular weight excluding hydrogens is 361 g/mol. The maximum atomic E-state index is 6.39. The van der Waals surface area contributed by atoms with Gasteiger partial charge in [-0.15, -0.1) is 0 Å². The standard InChI is InChI=1S/C16H14IN3/c17-13-8-6-12(7-9-13)16(18)15-10-11-19-20(15)14-4-2-1-3-5-14/h1-11,16H,18H2. The first-order valence-corrected chi connectivity index (χ1v) is 7.44. The van der Waals surface area contributed by atoms with Crippen molar-refractivity contribution in [2.45, 2.75) is 6.04 Å². The van der Waals surface area contributed by atoms with E-state index >= 15 is 0 Å². The number of nitrogens with zero attached hydrogens (tertiary/aromatic N) is 2. The van der Waals surface area contributed by atoms with Crippen molar-refractivity contribution in [1.82, 2.24) is 9.78 Å². The van der Waals surface area contributed by atoms with Crippen molar-refractivity contribution in [3.05, 3.63) is 81.7 Å². The van der Waals surface area contributed by atoms with Crippen LogP contribution in [0.25, 0.3) is 5.69 Å². The summed E-state index contributed by atoms with van der Waals surface area (Å²) in [5.74, 6) is 0. The van der Waals surface area contributed by atoms with Crippen molar-refractivity contribution in [2.24, 2.45) is 5.73 Å². The molecule has 4 heteroatoms. The highest BCUT2D eigenvalue weighted by molar-refractivity contribution is 14.1. The summed E-state index contributed by atoms with van der Waals surface area (Å²) in [5, 5.41) is 4.39. The summed E-state index contributed by atoms with van der Waals surface area (Å²) in [5.41, 5.74) is 9.48. The van der Waals surface area contributed by atoms with Crippen LogP contribution in [0.15, 0.2) is 66.9 Å². The SMILES string of the molecule is NC(c1ccc(I)cc1)c1ccnn1-c1ccccc1. The Labute approximate surface area is 131 Å². The molecule has 1 aromatic heterocycles. The van der Waals surface area contributed by atoms with Gasteiger partial charge in [0, 0.05) is 9.77 Å². The Morgan fingerprint density at radius 1 is 0.950 bits per heavy atom. The first kappa shape index (κ1) is 13.3. The molecule has 3 aromatic rings. The Morgan fingerprint density at radius 2 is 1.65 bits per heavy atom. The molecule has 3 nitrogen and oxygen atoms in total. The van der Waals surface area contributed by atoms with Gasteiger partial charge >= 0.3 is 0 Å². The number of benzene rings is 2. The number of rotatable bonds is 3. The van der Waals surface area contributed by atoms with Gasteiger partial charge in [-0.3, -0.25) is 0 Å². The number of aromatic nitrogens is 2. The van der Waals surface area contributed by atoms with Gasteiger partial charge in [0.1, 0.15) is 0 Å². The summed E-state index contributed by atoms with van der Waals surface area (Å²) >= 11 is 2.29. The lowest BCUT2D eigenvalue weighted by Gasteiger charge is -2.15. The smallest absolute Gasteiger partial charge is 0.0727 e. The van der Waals surface area contributed by atoms with Crippen LogP contribution in [-0.4, -0.2) is 9.78 Å². The lowest BCUT2D eigenvalue weighted by Crippen LogP contribution is -2.16. The maximum Gasteiger partial charge on any atom is 0.0727 e. The second kappa shape index (κ2) is 5.76. The van der Waals surface area contributed by atoms with Gasteiger partial charge in [0.15, 0.2) is 0 Å². The van der Waals surface area contributed by atoms with Crippen LogP contribution in [0.3, 0.4) is 0 Å². The number of halogens is 1. The number of hydrogen-bond donors (Lipinski definition) is 1. The lowest BCUT2D eigenvalue weighted by atomic mass is 10.0. The molecule has 100 valence electrons. The van der Waals surface area contributed by atoms with Crippen molar-refractivity contribution in [3.8, 4) is 5.69 Å². The van der Waals surface area contributed by atoms with E-state index in [-0.39, 0.29) is 6.04 Å². The molecule has 20 heavy (non-hydrogen) atoms. The first-order valence-electron chi connectivity index (χ1n) is 6.36. The highest BCUT2D eigenvalue weighted by Gasteiger charge is 2.14. The Balaban J connectivity index is 1.99. The molecule has 1 atom stereocenters. The van der Waals surface area contributed by atoms with E-state index in [1.807, 2.05) is 41.1 Å². The maximum absolute atomic E-state index is 6.39. The molecule has 0 bridgehead atoms. The second-order valence-corrected chi connectivity index (χ2v) is 5.78. The summed E-state index contributed by atoms with van der Waals surface area (Å²) < 4.78 is 3.10. The Bertz CT molecular complexity index is 689. The van der Waals surface area contributed by atoms with Crippen LogP contribution < -0.4 is 5.73 Å². The average molecular weight is 375 g/mol. The van der Waals surface area contributed by atoms with Crippen molar-refractivity contribution in [3.63, 3.8) is 0 Å². The summed E-state index contributed by atoms with van der Waals surface area (Å²) in [7, 11) is 0. The van der Waals surface area contributed by atoms with E-state index in [1.54, 1.807) is 6.20 Å². The number of hydrogen-bond acceptors (Lipinski definition) is 2. The third-order valence-electron chi connectivity index (χ3n) is 3.22. The zero-order valence-corrected chi connectivity index (χ0v) is 12.9. The van der Waals surface area contributed by atoms with Gasteiger partial charge in [-0.2, -0.15) is 5.10 Å². The van der Waals surface area contributed by atoms with Gasteiger partial charge < -0.3 is 5.73 Å². The van der Waals surface area contributed by atoms with Crippen LogP contribution in [-0.2, 0) is 0 Å². The molecule has 0 fully saturated rings. The van der Waals surface area contributed by atoms with E-state index < -0.39 is 0 Å². The molecule has 0 aliphatic rings. The summed E-state index contributed by atoms with van der Waals surface area (Å²) in [6, 6.07) is 20.1. The molecule has 0 saturated carbocycles. The third kappa shape index (κ3) is 2.62. The molecule has 2 aromatic carbocycles. The molecular formula is C16H14IN3. The minimum absolute atomic E-state index is 0.185. The van der Waals surface area contributed by atoms with Gasteiger partial charge in [0.2, 0.25) is 0 Å². The first-order chi connectivity index (χ1) is 9.75. The summed E-state index contributed by atoms with van der Waals surface area (Å²) in [6.45, 7) is 0. The van der Waals surface area contributed by atoms with Gasteiger partial charge in [-0.1, -0.05) is 30.3 Å². The fraction of sp³-hybridized carbons (Fsp3) is 0.0625. The van der Waals surface area contributed by atoms with E-state index in [1.165, 1.54) is 3.57 Å². The largest absolute Gasteiger partial charge is 0.319 e. The van der Waals surface area contributed by atoms with Gasteiger partial charge in [-0.25, -0.2) is 4.68 Å². The highest BCUT2D eigenvalue weighted by atomic mass is 127. The van der Waals surface area contributed by atoms with Crippen molar-refractivity contribution in [2.75, 3.05) is 0 Å². The lowest BCUT2D eigenvalue weighted by molar-refractivity contribution is 0.739. The predicted octanol–water partition coefficient (Wildman–Crippen LogP) is 3.53.